The molecule has 1 aliphatic heterocycles. The van der Waals surface area contributed by atoms with Gasteiger partial charge in [0.25, 0.3) is 0 Å². The predicted octanol–water partition coefficient (Wildman–Crippen LogP) is -4.57. The van der Waals surface area contributed by atoms with E-state index >= 15 is 4.39 Å². The first-order valence-corrected chi connectivity index (χ1v) is 16.1. The van der Waals surface area contributed by atoms with Gasteiger partial charge in [-0.15, -0.1) is 6.58 Å². The minimum Gasteiger partial charge on any atom is -0.780 e. The van der Waals surface area contributed by atoms with Crippen molar-refractivity contribution in [2.45, 2.75) is 31.7 Å². The summed E-state index contributed by atoms with van der Waals surface area (Å²) >= 11 is 0. The number of nitrogens with zero attached hydrogens (tertiary/aromatic N) is 2. The first-order valence-electron chi connectivity index (χ1n) is 14.6. The fraction of sp³-hybridized carbons (Fsp3) is 0.281. The van der Waals surface area contributed by atoms with Crippen molar-refractivity contribution in [2.75, 3.05) is 26.7 Å². The summed E-state index contributed by atoms with van der Waals surface area (Å²) < 4.78 is 35.5. The topological polar surface area (TPSA) is 175 Å². The third-order valence-corrected chi connectivity index (χ3v) is 7.73. The van der Waals surface area contributed by atoms with E-state index in [0.29, 0.717) is 17.9 Å². The number of ether oxygens (including phenoxy) is 1. The van der Waals surface area contributed by atoms with Crippen LogP contribution in [0.3, 0.4) is 0 Å². The van der Waals surface area contributed by atoms with Gasteiger partial charge in [0.1, 0.15) is 37.3 Å². The normalized spacial score (nSPS) is 15.7. The van der Waals surface area contributed by atoms with Crippen molar-refractivity contribution in [3.63, 3.8) is 0 Å². The summed E-state index contributed by atoms with van der Waals surface area (Å²) in [4.78, 5) is 65.6. The van der Waals surface area contributed by atoms with Gasteiger partial charge in [-0.25, -0.2) is 9.18 Å². The minimum absolute atomic E-state index is 0. The predicted molar refractivity (Wildman–Crippen MR) is 166 cm³/mol. The molecule has 1 saturated heterocycles. The van der Waals surface area contributed by atoms with Crippen molar-refractivity contribution in [3.05, 3.63) is 108 Å². The third kappa shape index (κ3) is 12.8. The number of phosphoric ester groups is 1. The van der Waals surface area contributed by atoms with Crippen LogP contribution in [-0.4, -0.2) is 66.6 Å². The van der Waals surface area contributed by atoms with E-state index in [2.05, 4.69) is 27.1 Å². The second-order valence-corrected chi connectivity index (χ2v) is 11.7. The third-order valence-electron chi connectivity index (χ3n) is 7.30. The van der Waals surface area contributed by atoms with Crippen molar-refractivity contribution >= 4 is 25.7 Å². The molecular weight excluding hydrogens is 678 g/mol. The summed E-state index contributed by atoms with van der Waals surface area (Å²) in [5.74, 6) is -1.53. The molecule has 17 heteroatoms. The van der Waals surface area contributed by atoms with Crippen LogP contribution >= 0.6 is 7.82 Å². The molecule has 4 rings (SSSR count). The number of halogens is 1. The average molecular weight is 714 g/mol. The summed E-state index contributed by atoms with van der Waals surface area (Å²) in [6, 6.07) is 17.1. The van der Waals surface area contributed by atoms with Crippen LogP contribution in [0.25, 0.3) is 0 Å². The number of benzene rings is 3. The van der Waals surface area contributed by atoms with Gasteiger partial charge in [0.15, 0.2) is 0 Å². The van der Waals surface area contributed by atoms with Crippen LogP contribution in [0, 0.1) is 5.82 Å². The number of amides is 4. The van der Waals surface area contributed by atoms with Gasteiger partial charge in [-0.05, 0) is 29.3 Å². The first kappa shape index (κ1) is 42.4. The van der Waals surface area contributed by atoms with E-state index in [0.717, 1.165) is 5.56 Å². The number of phosphoric acid groups is 1. The maximum Gasteiger partial charge on any atom is 1.00 e. The minimum atomic E-state index is -5.29. The number of nitrogens with one attached hydrogen (secondary N) is 3. The van der Waals surface area contributed by atoms with Crippen LogP contribution in [0.4, 0.5) is 9.18 Å². The molecule has 3 N–H and O–H groups in total. The van der Waals surface area contributed by atoms with Crippen LogP contribution in [-0.2, 0) is 33.7 Å². The summed E-state index contributed by atoms with van der Waals surface area (Å²) in [6.07, 6.45) is 0.475. The fourth-order valence-corrected chi connectivity index (χ4v) is 5.49. The summed E-state index contributed by atoms with van der Waals surface area (Å²) in [7, 11) is -3.89. The molecular formula is C32H35FN5Na2O8P. The Balaban J connectivity index is 0.00000417. The largest absolute Gasteiger partial charge is 1.00 e. The number of hydrogen-bond donors (Lipinski definition) is 3. The van der Waals surface area contributed by atoms with Gasteiger partial charge in [-0.3, -0.25) is 9.59 Å². The van der Waals surface area contributed by atoms with Gasteiger partial charge < -0.3 is 49.4 Å². The Morgan fingerprint density at radius 3 is 2.33 bits per heavy atom. The Morgan fingerprint density at radius 1 is 1.04 bits per heavy atom. The van der Waals surface area contributed by atoms with Gasteiger partial charge in [0, 0.05) is 37.7 Å². The van der Waals surface area contributed by atoms with E-state index in [-0.39, 0.29) is 103 Å². The molecule has 0 radical (unpaired) electrons. The Labute approximate surface area is 328 Å². The molecule has 0 saturated carbocycles. The molecule has 0 spiro atoms. The van der Waals surface area contributed by atoms with Crippen molar-refractivity contribution in [3.8, 4) is 11.5 Å². The van der Waals surface area contributed by atoms with E-state index in [9.17, 15) is 28.7 Å². The van der Waals surface area contributed by atoms with Crippen molar-refractivity contribution in [1.29, 1.82) is 0 Å². The number of piperazine rings is 1. The van der Waals surface area contributed by atoms with Crippen LogP contribution in [0.1, 0.15) is 16.7 Å². The second kappa shape index (κ2) is 20.2. The van der Waals surface area contributed by atoms with Gasteiger partial charge in [-0.1, -0.05) is 54.6 Å². The number of carbonyl (C=O) groups is 3. The van der Waals surface area contributed by atoms with Crippen molar-refractivity contribution in [1.82, 2.24) is 25.8 Å². The molecule has 3 aromatic rings. The molecule has 0 aliphatic carbocycles. The number of carbonyl (C=O) groups excluding carboxylic acids is 3. The summed E-state index contributed by atoms with van der Waals surface area (Å²) in [5.41, 5.74) is 1.53. The number of urea groups is 1. The number of rotatable bonds is 14. The Bertz CT molecular complexity index is 1620. The monoisotopic (exact) mass is 713 g/mol. The van der Waals surface area contributed by atoms with E-state index in [1.54, 1.807) is 12.1 Å². The SMILES string of the molecule is C=CCNCC(=O)N1[C@@H](NC(=O)NCc2ccccc2)CN(Cc2ccc(OC)cc2F)C(=O)[C@@H]1Cc1ccc(OP(=O)([O-])[O-])cc1.[Na+].[Na+]. The fourth-order valence-electron chi connectivity index (χ4n) is 5.11. The summed E-state index contributed by atoms with van der Waals surface area (Å²) in [5, 5.41) is 8.50. The van der Waals surface area contributed by atoms with E-state index in [4.69, 9.17) is 4.74 Å². The maximum atomic E-state index is 15.0. The van der Waals surface area contributed by atoms with Crippen molar-refractivity contribution in [2.24, 2.45) is 0 Å². The molecule has 2 atom stereocenters. The van der Waals surface area contributed by atoms with E-state index in [1.807, 2.05) is 30.3 Å². The van der Waals surface area contributed by atoms with E-state index < -0.39 is 43.7 Å². The molecule has 1 heterocycles. The molecule has 13 nitrogen and oxygen atoms in total. The van der Waals surface area contributed by atoms with Gasteiger partial charge >= 0.3 is 65.1 Å². The molecule has 49 heavy (non-hydrogen) atoms. The molecule has 250 valence electrons. The smallest absolute Gasteiger partial charge is 0.780 e. The maximum absolute atomic E-state index is 15.0. The quantitative estimate of drug-likeness (QED) is 0.0644. The Hall–Kier alpha value is -2.75. The van der Waals surface area contributed by atoms with E-state index in [1.165, 1.54) is 53.3 Å². The second-order valence-electron chi connectivity index (χ2n) is 10.6. The van der Waals surface area contributed by atoms with Crippen LogP contribution in [0.5, 0.6) is 11.5 Å². The molecule has 1 fully saturated rings. The molecule has 0 unspecified atom stereocenters. The van der Waals surface area contributed by atoms with Crippen molar-refractivity contribution < 1.29 is 102 Å². The van der Waals surface area contributed by atoms with Crippen LogP contribution in [0.2, 0.25) is 0 Å². The van der Waals surface area contributed by atoms with Gasteiger partial charge in [0.05, 0.1) is 20.2 Å². The zero-order valence-electron chi connectivity index (χ0n) is 27.6. The molecule has 0 aromatic heterocycles. The zero-order chi connectivity index (χ0) is 34.0. The standard InChI is InChI=1S/C32H37FN5O8P.2Na/c1-3-15-34-19-30(39)38-28(16-22-9-12-25(13-10-22)46-47(42,43)44)31(40)37(20-24-11-14-26(45-2)17-27(24)33)21-29(38)36-32(41)35-18-23-7-5-4-6-8-23;;/h3-14,17,28-29,34H,1,15-16,18-21H2,2H3,(H2,35,36,41)(H2,42,43,44);;/q;2*+1/p-2/t28-,29+;;/m0../s1. The average Bonchev–Trinajstić information content (AvgIpc) is 3.04. The zero-order valence-corrected chi connectivity index (χ0v) is 32.5. The van der Waals surface area contributed by atoms with Gasteiger partial charge in [-0.2, -0.15) is 0 Å². The number of hydrogen-bond acceptors (Lipinski definition) is 9. The Morgan fingerprint density at radius 2 is 1.71 bits per heavy atom. The summed E-state index contributed by atoms with van der Waals surface area (Å²) in [6.45, 7) is 3.64. The van der Waals surface area contributed by atoms with Crippen LogP contribution in [0.15, 0.2) is 85.5 Å². The van der Waals surface area contributed by atoms with Crippen LogP contribution < -0.4 is 94.1 Å². The molecule has 3 aromatic carbocycles. The molecule has 4 amide bonds. The first-order chi connectivity index (χ1) is 22.5. The molecule has 0 bridgehead atoms. The molecule has 1 aliphatic rings. The Kier molecular flexibility index (Phi) is 17.5. The van der Waals surface area contributed by atoms with Gasteiger partial charge in [0.2, 0.25) is 11.8 Å². The number of methoxy groups -OCH3 is 1.